The van der Waals surface area contributed by atoms with Gasteiger partial charge in [-0.25, -0.2) is 4.68 Å². The Kier molecular flexibility index (Phi) is 4.59. The van der Waals surface area contributed by atoms with Crippen molar-refractivity contribution in [1.82, 2.24) is 25.5 Å². The first-order chi connectivity index (χ1) is 9.20. The molecule has 6 nitrogen and oxygen atoms in total. The van der Waals surface area contributed by atoms with Crippen LogP contribution in [0.25, 0.3) is 5.69 Å². The van der Waals surface area contributed by atoms with Crippen LogP contribution < -0.4 is 11.1 Å². The van der Waals surface area contributed by atoms with Crippen LogP contribution in [0.3, 0.4) is 0 Å². The fourth-order valence-electron chi connectivity index (χ4n) is 1.81. The number of nitrogens with two attached hydrogens (primary N) is 1. The summed E-state index contributed by atoms with van der Waals surface area (Å²) in [5.41, 5.74) is 8.06. The largest absolute Gasteiger partial charge is 0.327 e. The average Bonchev–Trinajstić information content (AvgIpc) is 2.98. The van der Waals surface area contributed by atoms with Crippen LogP contribution in [0.2, 0.25) is 0 Å². The second-order valence-corrected chi connectivity index (χ2v) is 4.65. The summed E-state index contributed by atoms with van der Waals surface area (Å²) in [5.74, 6) is 0. The highest BCUT2D eigenvalue weighted by Gasteiger charge is 2.08. The molecule has 0 aliphatic rings. The minimum Gasteiger partial charge on any atom is -0.327 e. The predicted molar refractivity (Wildman–Crippen MR) is 73.8 cm³/mol. The maximum atomic E-state index is 5.91. The standard InChI is InChI=1S/C13H20N6/c1-3-12(14)8-15-10(2)11-5-4-6-13(7-11)19-9-16-17-18-19/h4-7,9-10,12,15H,3,8,14H2,1-2H3. The molecule has 19 heavy (non-hydrogen) atoms. The van der Waals surface area contributed by atoms with E-state index in [9.17, 15) is 0 Å². The third-order valence-corrected chi connectivity index (χ3v) is 3.19. The highest BCUT2D eigenvalue weighted by atomic mass is 15.5. The topological polar surface area (TPSA) is 81.6 Å². The Morgan fingerprint density at radius 1 is 1.42 bits per heavy atom. The molecule has 6 heteroatoms. The van der Waals surface area contributed by atoms with E-state index >= 15 is 0 Å². The lowest BCUT2D eigenvalue weighted by atomic mass is 10.1. The van der Waals surface area contributed by atoms with Gasteiger partial charge in [0.15, 0.2) is 0 Å². The van der Waals surface area contributed by atoms with Gasteiger partial charge in [-0.3, -0.25) is 0 Å². The molecule has 2 rings (SSSR count). The van der Waals surface area contributed by atoms with E-state index in [-0.39, 0.29) is 12.1 Å². The molecule has 1 heterocycles. The number of hydrogen-bond donors (Lipinski definition) is 2. The monoisotopic (exact) mass is 260 g/mol. The third-order valence-electron chi connectivity index (χ3n) is 3.19. The van der Waals surface area contributed by atoms with Gasteiger partial charge in [0.1, 0.15) is 6.33 Å². The number of benzene rings is 1. The number of nitrogens with zero attached hydrogens (tertiary/aromatic N) is 4. The quantitative estimate of drug-likeness (QED) is 0.811. The molecule has 0 fully saturated rings. The van der Waals surface area contributed by atoms with Gasteiger partial charge in [-0.15, -0.1) is 5.10 Å². The molecule has 0 radical (unpaired) electrons. The summed E-state index contributed by atoms with van der Waals surface area (Å²) >= 11 is 0. The Bertz CT molecular complexity index is 496. The molecular formula is C13H20N6. The van der Waals surface area contributed by atoms with Gasteiger partial charge >= 0.3 is 0 Å². The van der Waals surface area contributed by atoms with Crippen LogP contribution in [0.4, 0.5) is 0 Å². The molecule has 0 bridgehead atoms. The van der Waals surface area contributed by atoms with Gasteiger partial charge in [-0.2, -0.15) is 0 Å². The normalized spacial score (nSPS) is 14.3. The first kappa shape index (κ1) is 13.6. The van der Waals surface area contributed by atoms with Crippen molar-refractivity contribution in [3.8, 4) is 5.69 Å². The van der Waals surface area contributed by atoms with Crippen molar-refractivity contribution >= 4 is 0 Å². The Labute approximate surface area is 113 Å². The molecule has 0 aliphatic carbocycles. The van der Waals surface area contributed by atoms with Gasteiger partial charge in [-0.05, 0) is 41.5 Å². The minimum atomic E-state index is 0.199. The minimum absolute atomic E-state index is 0.199. The lowest BCUT2D eigenvalue weighted by Gasteiger charge is -2.17. The van der Waals surface area contributed by atoms with Crippen molar-refractivity contribution < 1.29 is 0 Å². The Morgan fingerprint density at radius 3 is 2.95 bits per heavy atom. The summed E-state index contributed by atoms with van der Waals surface area (Å²) in [4.78, 5) is 0. The van der Waals surface area contributed by atoms with Crippen molar-refractivity contribution in [1.29, 1.82) is 0 Å². The molecule has 0 amide bonds. The van der Waals surface area contributed by atoms with Gasteiger partial charge in [0.25, 0.3) is 0 Å². The molecule has 0 aliphatic heterocycles. The molecule has 3 N–H and O–H groups in total. The van der Waals surface area contributed by atoms with Gasteiger partial charge in [0.05, 0.1) is 5.69 Å². The first-order valence-corrected chi connectivity index (χ1v) is 6.53. The molecule has 102 valence electrons. The van der Waals surface area contributed by atoms with E-state index in [1.54, 1.807) is 11.0 Å². The van der Waals surface area contributed by atoms with Crippen LogP contribution >= 0.6 is 0 Å². The van der Waals surface area contributed by atoms with E-state index in [0.29, 0.717) is 0 Å². The van der Waals surface area contributed by atoms with E-state index in [1.807, 2.05) is 12.1 Å². The molecular weight excluding hydrogens is 240 g/mol. The van der Waals surface area contributed by atoms with Gasteiger partial charge in [0.2, 0.25) is 0 Å². The summed E-state index contributed by atoms with van der Waals surface area (Å²) < 4.78 is 1.65. The van der Waals surface area contributed by atoms with E-state index in [1.165, 1.54) is 5.56 Å². The summed E-state index contributed by atoms with van der Waals surface area (Å²) in [7, 11) is 0. The van der Waals surface area contributed by atoms with Crippen LogP contribution in [0, 0.1) is 0 Å². The highest BCUT2D eigenvalue weighted by molar-refractivity contribution is 5.35. The molecule has 1 aromatic heterocycles. The van der Waals surface area contributed by atoms with E-state index in [0.717, 1.165) is 18.7 Å². The second-order valence-electron chi connectivity index (χ2n) is 4.65. The van der Waals surface area contributed by atoms with Crippen molar-refractivity contribution in [3.63, 3.8) is 0 Å². The van der Waals surface area contributed by atoms with Gasteiger partial charge < -0.3 is 11.1 Å². The molecule has 2 unspecified atom stereocenters. The van der Waals surface area contributed by atoms with Gasteiger partial charge in [0, 0.05) is 18.6 Å². The van der Waals surface area contributed by atoms with Crippen LogP contribution in [-0.2, 0) is 0 Å². The Hall–Kier alpha value is -1.79. The summed E-state index contributed by atoms with van der Waals surface area (Å²) in [6.07, 6.45) is 2.56. The number of aromatic nitrogens is 4. The van der Waals surface area contributed by atoms with Gasteiger partial charge in [-0.1, -0.05) is 19.1 Å². The SMILES string of the molecule is CCC(N)CNC(C)c1cccc(-n2cnnn2)c1. The van der Waals surface area contributed by atoms with Crippen LogP contribution in [-0.4, -0.2) is 32.8 Å². The molecule has 0 spiro atoms. The van der Waals surface area contributed by atoms with Crippen LogP contribution in [0.1, 0.15) is 31.9 Å². The van der Waals surface area contributed by atoms with E-state index in [2.05, 4.69) is 46.8 Å². The fourth-order valence-corrected chi connectivity index (χ4v) is 1.81. The Morgan fingerprint density at radius 2 is 2.26 bits per heavy atom. The maximum Gasteiger partial charge on any atom is 0.143 e. The maximum absolute atomic E-state index is 5.91. The molecule has 2 atom stereocenters. The predicted octanol–water partition coefficient (Wildman–Crippen LogP) is 1.05. The summed E-state index contributed by atoms with van der Waals surface area (Å²) in [5, 5.41) is 14.6. The highest BCUT2D eigenvalue weighted by Crippen LogP contribution is 2.16. The molecule has 0 saturated carbocycles. The van der Waals surface area contributed by atoms with E-state index in [4.69, 9.17) is 5.73 Å². The van der Waals surface area contributed by atoms with Crippen LogP contribution in [0.15, 0.2) is 30.6 Å². The number of tetrazole rings is 1. The lowest BCUT2D eigenvalue weighted by Crippen LogP contribution is -2.34. The zero-order valence-corrected chi connectivity index (χ0v) is 11.3. The zero-order chi connectivity index (χ0) is 13.7. The zero-order valence-electron chi connectivity index (χ0n) is 11.3. The molecule has 2 aromatic rings. The third kappa shape index (κ3) is 3.59. The van der Waals surface area contributed by atoms with Crippen molar-refractivity contribution in [2.75, 3.05) is 6.54 Å². The summed E-state index contributed by atoms with van der Waals surface area (Å²) in [6.45, 7) is 5.03. The number of rotatable bonds is 6. The summed E-state index contributed by atoms with van der Waals surface area (Å²) in [6, 6.07) is 8.59. The number of nitrogens with one attached hydrogen (secondary N) is 1. The van der Waals surface area contributed by atoms with Crippen molar-refractivity contribution in [3.05, 3.63) is 36.2 Å². The first-order valence-electron chi connectivity index (χ1n) is 6.53. The number of hydrogen-bond acceptors (Lipinski definition) is 5. The van der Waals surface area contributed by atoms with Crippen molar-refractivity contribution in [2.45, 2.75) is 32.4 Å². The average molecular weight is 260 g/mol. The van der Waals surface area contributed by atoms with Crippen molar-refractivity contribution in [2.24, 2.45) is 5.73 Å². The second kappa shape index (κ2) is 6.40. The smallest absolute Gasteiger partial charge is 0.143 e. The van der Waals surface area contributed by atoms with Crippen LogP contribution in [0.5, 0.6) is 0 Å². The fraction of sp³-hybridized carbons (Fsp3) is 0.462. The molecule has 1 aromatic carbocycles. The lowest BCUT2D eigenvalue weighted by molar-refractivity contribution is 0.508. The Balaban J connectivity index is 2.06. The van der Waals surface area contributed by atoms with E-state index < -0.39 is 0 Å². The molecule has 0 saturated heterocycles.